The molecule has 2 N–H and O–H groups in total. The van der Waals surface area contributed by atoms with Crippen molar-refractivity contribution in [3.8, 4) is 0 Å². The van der Waals surface area contributed by atoms with Crippen LogP contribution in [0.5, 0.6) is 0 Å². The highest BCUT2D eigenvalue weighted by Crippen LogP contribution is 2.16. The maximum Gasteiger partial charge on any atom is 0.335 e. The molecule has 0 aromatic heterocycles. The van der Waals surface area contributed by atoms with Crippen molar-refractivity contribution < 1.29 is 27.5 Å². The Morgan fingerprint density at radius 1 is 1.53 bits per heavy atom. The first-order valence-electron chi connectivity index (χ1n) is 4.55. The monoisotopic (exact) mass is 263 g/mol. The predicted molar refractivity (Wildman–Crippen MR) is 55.3 cm³/mol. The average molecular weight is 263 g/mol. The number of halogens is 1. The van der Waals surface area contributed by atoms with Gasteiger partial charge in [-0.15, -0.1) is 0 Å². The second-order valence-electron chi connectivity index (χ2n) is 2.97. The van der Waals surface area contributed by atoms with Crippen LogP contribution in [-0.2, 0) is 14.9 Å². The second-order valence-corrected chi connectivity index (χ2v) is 4.58. The van der Waals surface area contributed by atoms with Crippen LogP contribution in [-0.4, -0.2) is 26.1 Å². The summed E-state index contributed by atoms with van der Waals surface area (Å²) in [4.78, 5) is 16.0. The minimum atomic E-state index is -4.22. The number of rotatable bonds is 5. The number of hydrogen-bond acceptors (Lipinski definition) is 4. The van der Waals surface area contributed by atoms with Crippen molar-refractivity contribution in [3.63, 3.8) is 0 Å². The van der Waals surface area contributed by atoms with Crippen LogP contribution < -0.4 is 4.89 Å². The third kappa shape index (κ3) is 3.22. The summed E-state index contributed by atoms with van der Waals surface area (Å²) in [6.45, 7) is 1.59. The lowest BCUT2D eigenvalue weighted by atomic mass is 10.2. The summed E-state index contributed by atoms with van der Waals surface area (Å²) in [6, 6.07) is 2.46. The van der Waals surface area contributed by atoms with Crippen molar-refractivity contribution in [2.45, 2.75) is 11.8 Å². The van der Waals surface area contributed by atoms with Gasteiger partial charge in [-0.1, -0.05) is 4.89 Å². The maximum absolute atomic E-state index is 13.3. The van der Waals surface area contributed by atoms with E-state index in [4.69, 9.17) is 5.11 Å². The van der Waals surface area contributed by atoms with Crippen LogP contribution in [0.25, 0.3) is 0 Å². The minimum Gasteiger partial charge on any atom is -0.478 e. The highest BCUT2D eigenvalue weighted by molar-refractivity contribution is 7.89. The molecule has 1 aromatic carbocycles. The van der Waals surface area contributed by atoms with Gasteiger partial charge in [-0.25, -0.2) is 17.6 Å². The van der Waals surface area contributed by atoms with Crippen molar-refractivity contribution >= 4 is 16.0 Å². The molecule has 0 unspecified atom stereocenters. The fraction of sp³-hybridized carbons (Fsp3) is 0.222. The van der Waals surface area contributed by atoms with Gasteiger partial charge in [0, 0.05) is 0 Å². The molecule has 1 rings (SSSR count). The molecule has 0 aliphatic heterocycles. The van der Waals surface area contributed by atoms with Gasteiger partial charge in [0.25, 0.3) is 10.0 Å². The standard InChI is InChI=1S/C9H10FNO5S/c1-2-16-11-17(14,15)8-5-6(9(12)13)3-4-7(8)10/h3-5,11H,2H2,1H3,(H,12,13). The van der Waals surface area contributed by atoms with Gasteiger partial charge < -0.3 is 5.11 Å². The van der Waals surface area contributed by atoms with E-state index < -0.39 is 26.7 Å². The van der Waals surface area contributed by atoms with E-state index in [1.54, 1.807) is 4.89 Å². The van der Waals surface area contributed by atoms with Crippen LogP contribution in [0.3, 0.4) is 0 Å². The van der Waals surface area contributed by atoms with Crippen LogP contribution in [0, 0.1) is 5.82 Å². The molecular formula is C9H10FNO5S. The number of aromatic carboxylic acids is 1. The third-order valence-electron chi connectivity index (χ3n) is 1.78. The van der Waals surface area contributed by atoms with Crippen molar-refractivity contribution in [1.82, 2.24) is 4.89 Å². The summed E-state index contributed by atoms with van der Waals surface area (Å²) in [5.74, 6) is -2.40. The molecular weight excluding hydrogens is 253 g/mol. The molecule has 17 heavy (non-hydrogen) atoms. The summed E-state index contributed by atoms with van der Waals surface area (Å²) in [6.07, 6.45) is 0. The molecule has 94 valence electrons. The fourth-order valence-corrected chi connectivity index (χ4v) is 1.99. The van der Waals surface area contributed by atoms with Crippen LogP contribution in [0.4, 0.5) is 4.39 Å². The van der Waals surface area contributed by atoms with E-state index in [1.807, 2.05) is 0 Å². The summed E-state index contributed by atoms with van der Waals surface area (Å²) in [5.41, 5.74) is -0.330. The molecule has 0 radical (unpaired) electrons. The quantitative estimate of drug-likeness (QED) is 0.765. The average Bonchev–Trinajstić information content (AvgIpc) is 2.26. The van der Waals surface area contributed by atoms with Gasteiger partial charge in [0.2, 0.25) is 0 Å². The van der Waals surface area contributed by atoms with E-state index in [0.717, 1.165) is 18.2 Å². The molecule has 0 aliphatic carbocycles. The lowest BCUT2D eigenvalue weighted by molar-refractivity contribution is 0.0696. The number of carboxylic acids is 1. The Morgan fingerprint density at radius 2 is 2.18 bits per heavy atom. The van der Waals surface area contributed by atoms with Crippen LogP contribution in [0.1, 0.15) is 17.3 Å². The summed E-state index contributed by atoms with van der Waals surface area (Å²) in [5, 5.41) is 8.67. The number of hydrogen-bond donors (Lipinski definition) is 2. The summed E-state index contributed by atoms with van der Waals surface area (Å²) >= 11 is 0. The normalized spacial score (nSPS) is 11.4. The Morgan fingerprint density at radius 3 is 2.71 bits per heavy atom. The number of nitrogens with one attached hydrogen (secondary N) is 1. The van der Waals surface area contributed by atoms with Gasteiger partial charge in [-0.2, -0.15) is 0 Å². The fourth-order valence-electron chi connectivity index (χ4n) is 1.02. The SMILES string of the molecule is CCONS(=O)(=O)c1cc(C(=O)O)ccc1F. The molecule has 0 saturated carbocycles. The molecule has 0 bridgehead atoms. The van der Waals surface area contributed by atoms with Gasteiger partial charge in [0.05, 0.1) is 12.2 Å². The van der Waals surface area contributed by atoms with Gasteiger partial charge in [0.15, 0.2) is 0 Å². The van der Waals surface area contributed by atoms with Crippen LogP contribution in [0.2, 0.25) is 0 Å². The van der Waals surface area contributed by atoms with E-state index in [9.17, 15) is 17.6 Å². The molecule has 0 amide bonds. The smallest absolute Gasteiger partial charge is 0.335 e. The van der Waals surface area contributed by atoms with Crippen molar-refractivity contribution in [2.24, 2.45) is 0 Å². The zero-order valence-corrected chi connectivity index (χ0v) is 9.62. The molecule has 8 heteroatoms. The largest absolute Gasteiger partial charge is 0.478 e. The lowest BCUT2D eigenvalue weighted by Gasteiger charge is -2.07. The first kappa shape index (κ1) is 13.6. The highest BCUT2D eigenvalue weighted by atomic mass is 32.2. The van der Waals surface area contributed by atoms with Crippen molar-refractivity contribution in [3.05, 3.63) is 29.6 Å². The first-order valence-corrected chi connectivity index (χ1v) is 6.03. The lowest BCUT2D eigenvalue weighted by Crippen LogP contribution is -2.25. The molecule has 0 saturated heterocycles. The van der Waals surface area contributed by atoms with Gasteiger partial charge in [-0.05, 0) is 25.1 Å². The Kier molecular flexibility index (Phi) is 4.16. The molecule has 0 heterocycles. The molecule has 0 spiro atoms. The minimum absolute atomic E-state index is 0.0550. The van der Waals surface area contributed by atoms with Crippen LogP contribution in [0.15, 0.2) is 23.1 Å². The van der Waals surface area contributed by atoms with Crippen LogP contribution >= 0.6 is 0 Å². The Hall–Kier alpha value is -1.51. The molecule has 1 aromatic rings. The van der Waals surface area contributed by atoms with Gasteiger partial charge in [0.1, 0.15) is 10.7 Å². The molecule has 0 atom stereocenters. The van der Waals surface area contributed by atoms with Gasteiger partial charge in [-0.3, -0.25) is 4.84 Å². The number of carbonyl (C=O) groups is 1. The first-order chi connectivity index (χ1) is 7.88. The Balaban J connectivity index is 3.20. The third-order valence-corrected chi connectivity index (χ3v) is 3.01. The zero-order chi connectivity index (χ0) is 13.1. The summed E-state index contributed by atoms with van der Waals surface area (Å²) in [7, 11) is -4.22. The van der Waals surface area contributed by atoms with E-state index >= 15 is 0 Å². The van der Waals surface area contributed by atoms with Crippen molar-refractivity contribution in [2.75, 3.05) is 6.61 Å². The highest BCUT2D eigenvalue weighted by Gasteiger charge is 2.21. The van der Waals surface area contributed by atoms with E-state index in [0.29, 0.717) is 0 Å². The summed E-state index contributed by atoms with van der Waals surface area (Å²) < 4.78 is 36.3. The van der Waals surface area contributed by atoms with Gasteiger partial charge >= 0.3 is 5.97 Å². The second kappa shape index (κ2) is 5.21. The maximum atomic E-state index is 13.3. The molecule has 6 nitrogen and oxygen atoms in total. The number of carboxylic acid groups (broad SMARTS) is 1. The van der Waals surface area contributed by atoms with E-state index in [2.05, 4.69) is 4.84 Å². The Bertz CT molecular complexity index is 528. The molecule has 0 fully saturated rings. The zero-order valence-electron chi connectivity index (χ0n) is 8.81. The van der Waals surface area contributed by atoms with E-state index in [-0.39, 0.29) is 12.2 Å². The number of sulfonamides is 1. The van der Waals surface area contributed by atoms with Crippen molar-refractivity contribution in [1.29, 1.82) is 0 Å². The molecule has 0 aliphatic rings. The number of benzene rings is 1. The predicted octanol–water partition coefficient (Wildman–Crippen LogP) is 0.754. The Labute approximate surface area is 97.0 Å². The van der Waals surface area contributed by atoms with E-state index in [1.165, 1.54) is 6.92 Å². The topological polar surface area (TPSA) is 92.7 Å².